The van der Waals surface area contributed by atoms with E-state index in [0.29, 0.717) is 0 Å². The summed E-state index contributed by atoms with van der Waals surface area (Å²) in [5, 5.41) is 21.5. The van der Waals surface area contributed by atoms with Gasteiger partial charge in [0, 0.05) is 25.3 Å². The molecule has 9 heteroatoms. The first-order valence-electron chi connectivity index (χ1n) is 5.48. The topological polar surface area (TPSA) is 113 Å². The van der Waals surface area contributed by atoms with Crippen LogP contribution < -0.4 is 5.32 Å². The van der Waals surface area contributed by atoms with Gasteiger partial charge in [0.2, 0.25) is 0 Å². The number of nitrogens with zero attached hydrogens (tertiary/aromatic N) is 2. The highest BCUT2D eigenvalue weighted by atomic mass is 35.5. The maximum absolute atomic E-state index is 11.6. The third kappa shape index (κ3) is 3.90. The summed E-state index contributed by atoms with van der Waals surface area (Å²) >= 11 is 5.62. The number of aliphatic hydroxyl groups excluding tert-OH is 1. The molecule has 0 aromatic heterocycles. The second-order valence-corrected chi connectivity index (χ2v) is 4.23. The number of halogens is 1. The molecule has 0 unspecified atom stereocenters. The molecule has 0 atom stereocenters. The van der Waals surface area contributed by atoms with Gasteiger partial charge in [-0.1, -0.05) is 11.6 Å². The molecule has 0 aliphatic heterocycles. The van der Waals surface area contributed by atoms with E-state index in [9.17, 15) is 19.7 Å². The van der Waals surface area contributed by atoms with Crippen molar-refractivity contribution >= 4 is 34.8 Å². The molecular formula is C11H12ClN3O5. The predicted molar refractivity (Wildman–Crippen MR) is 71.5 cm³/mol. The molecular weight excluding hydrogens is 290 g/mol. The lowest BCUT2D eigenvalue weighted by molar-refractivity contribution is -0.384. The summed E-state index contributed by atoms with van der Waals surface area (Å²) in [5.41, 5.74) is -0.294. The first kappa shape index (κ1) is 15.9. The zero-order valence-electron chi connectivity index (χ0n) is 10.5. The van der Waals surface area contributed by atoms with Gasteiger partial charge in [0.15, 0.2) is 0 Å². The third-order valence-electron chi connectivity index (χ3n) is 2.38. The molecule has 0 heterocycles. The highest BCUT2D eigenvalue weighted by Crippen LogP contribution is 2.27. The summed E-state index contributed by atoms with van der Waals surface area (Å²) in [6.07, 6.45) is 0. The quantitative estimate of drug-likeness (QED) is 0.481. The number of benzene rings is 1. The van der Waals surface area contributed by atoms with Gasteiger partial charge in [-0.2, -0.15) is 0 Å². The molecule has 0 spiro atoms. The van der Waals surface area contributed by atoms with Gasteiger partial charge in [-0.05, 0) is 12.1 Å². The Bertz CT molecular complexity index is 549. The van der Waals surface area contributed by atoms with Gasteiger partial charge in [0.1, 0.15) is 5.02 Å². The second-order valence-electron chi connectivity index (χ2n) is 3.83. The molecule has 8 nitrogen and oxygen atoms in total. The Balaban J connectivity index is 2.83. The summed E-state index contributed by atoms with van der Waals surface area (Å²) in [6, 6.07) is 3.64. The minimum absolute atomic E-state index is 0.00696. The molecule has 20 heavy (non-hydrogen) atoms. The zero-order valence-corrected chi connectivity index (χ0v) is 11.3. The van der Waals surface area contributed by atoms with Crippen molar-refractivity contribution in [2.45, 2.75) is 0 Å². The average Bonchev–Trinajstić information content (AvgIpc) is 2.39. The number of anilines is 1. The van der Waals surface area contributed by atoms with Crippen LogP contribution in [0.25, 0.3) is 0 Å². The minimum atomic E-state index is -0.961. The van der Waals surface area contributed by atoms with E-state index in [0.717, 1.165) is 11.0 Å². The fraction of sp³-hybridized carbons (Fsp3) is 0.273. The van der Waals surface area contributed by atoms with Crippen molar-refractivity contribution in [1.82, 2.24) is 4.90 Å². The smallest absolute Gasteiger partial charge is 0.313 e. The van der Waals surface area contributed by atoms with Gasteiger partial charge in [-0.3, -0.25) is 19.7 Å². The number of hydrogen-bond donors (Lipinski definition) is 2. The van der Waals surface area contributed by atoms with Gasteiger partial charge < -0.3 is 15.3 Å². The Morgan fingerprint density at radius 2 is 2.15 bits per heavy atom. The van der Waals surface area contributed by atoms with Gasteiger partial charge in [-0.15, -0.1) is 0 Å². The number of likely N-dealkylation sites (N-methyl/N-ethyl adjacent to an activating group) is 1. The molecule has 0 saturated carbocycles. The van der Waals surface area contributed by atoms with E-state index in [4.69, 9.17) is 16.7 Å². The van der Waals surface area contributed by atoms with Crippen LogP contribution >= 0.6 is 11.6 Å². The van der Waals surface area contributed by atoms with E-state index in [1.807, 2.05) is 0 Å². The highest BCUT2D eigenvalue weighted by molar-refractivity contribution is 6.39. The first-order valence-corrected chi connectivity index (χ1v) is 5.86. The highest BCUT2D eigenvalue weighted by Gasteiger charge is 2.20. The molecule has 108 valence electrons. The Morgan fingerprint density at radius 1 is 1.50 bits per heavy atom. The molecule has 0 radical (unpaired) electrons. The number of nitro benzene ring substituents is 1. The number of rotatable bonds is 4. The Kier molecular flexibility index (Phi) is 5.42. The van der Waals surface area contributed by atoms with E-state index in [-0.39, 0.29) is 29.5 Å². The summed E-state index contributed by atoms with van der Waals surface area (Å²) in [4.78, 5) is 34.2. The molecule has 1 aromatic carbocycles. The van der Waals surface area contributed by atoms with Crippen LogP contribution in [-0.4, -0.2) is 46.9 Å². The summed E-state index contributed by atoms with van der Waals surface area (Å²) < 4.78 is 0. The predicted octanol–water partition coefficient (Wildman–Crippen LogP) is 0.637. The average molecular weight is 302 g/mol. The Hall–Kier alpha value is -2.19. The number of hydrogen-bond acceptors (Lipinski definition) is 5. The van der Waals surface area contributed by atoms with Crippen LogP contribution in [0, 0.1) is 10.1 Å². The fourth-order valence-corrected chi connectivity index (χ4v) is 1.53. The van der Waals surface area contributed by atoms with Gasteiger partial charge >= 0.3 is 11.8 Å². The number of nitro groups is 1. The van der Waals surface area contributed by atoms with Gasteiger partial charge in [0.05, 0.1) is 11.5 Å². The second kappa shape index (κ2) is 6.83. The monoisotopic (exact) mass is 301 g/mol. The molecule has 2 N–H and O–H groups in total. The summed E-state index contributed by atoms with van der Waals surface area (Å²) in [7, 11) is 1.35. The molecule has 0 saturated heterocycles. The molecule has 1 aromatic rings. The van der Waals surface area contributed by atoms with Gasteiger partial charge in [-0.25, -0.2) is 0 Å². The standard InChI is InChI=1S/C11H12ClN3O5/c1-14(4-5-16)11(18)10(17)13-7-2-3-8(12)9(6-7)15(19)20/h2-3,6,16H,4-5H2,1H3,(H,13,17). The van der Waals surface area contributed by atoms with E-state index in [2.05, 4.69) is 5.32 Å². The SMILES string of the molecule is CN(CCO)C(=O)C(=O)Nc1ccc(Cl)c([N+](=O)[O-])c1. The van der Waals surface area contributed by atoms with Crippen molar-refractivity contribution in [2.75, 3.05) is 25.5 Å². The molecule has 1 rings (SSSR count). The number of carbonyl (C=O) groups excluding carboxylic acids is 2. The summed E-state index contributed by atoms with van der Waals surface area (Å²) in [5.74, 6) is -1.82. The number of amides is 2. The minimum Gasteiger partial charge on any atom is -0.395 e. The van der Waals surface area contributed by atoms with Crippen LogP contribution in [0.3, 0.4) is 0 Å². The van der Waals surface area contributed by atoms with Gasteiger partial charge in [0.25, 0.3) is 5.69 Å². The summed E-state index contributed by atoms with van der Waals surface area (Å²) in [6.45, 7) is -0.269. The number of carbonyl (C=O) groups is 2. The number of aliphatic hydroxyl groups is 1. The number of nitrogens with one attached hydrogen (secondary N) is 1. The van der Waals surface area contributed by atoms with Crippen LogP contribution in [0.1, 0.15) is 0 Å². The van der Waals surface area contributed by atoms with E-state index >= 15 is 0 Å². The largest absolute Gasteiger partial charge is 0.395 e. The Labute approximate surface area is 119 Å². The van der Waals surface area contributed by atoms with Crippen LogP contribution in [-0.2, 0) is 9.59 Å². The Morgan fingerprint density at radius 3 is 2.70 bits per heavy atom. The lowest BCUT2D eigenvalue weighted by atomic mass is 10.2. The van der Waals surface area contributed by atoms with Crippen LogP contribution in [0.2, 0.25) is 5.02 Å². The van der Waals surface area contributed by atoms with Crippen molar-refractivity contribution < 1.29 is 19.6 Å². The zero-order chi connectivity index (χ0) is 15.3. The fourth-order valence-electron chi connectivity index (χ4n) is 1.34. The maximum atomic E-state index is 11.6. The third-order valence-corrected chi connectivity index (χ3v) is 2.70. The van der Waals surface area contributed by atoms with E-state index < -0.39 is 16.7 Å². The van der Waals surface area contributed by atoms with Crippen molar-refractivity contribution in [1.29, 1.82) is 0 Å². The molecule has 0 aliphatic rings. The molecule has 0 aliphatic carbocycles. The van der Waals surface area contributed by atoms with E-state index in [1.165, 1.54) is 19.2 Å². The van der Waals surface area contributed by atoms with Crippen molar-refractivity contribution in [3.8, 4) is 0 Å². The first-order chi connectivity index (χ1) is 9.36. The van der Waals surface area contributed by atoms with Crippen LogP contribution in [0.5, 0.6) is 0 Å². The lowest BCUT2D eigenvalue weighted by Crippen LogP contribution is -2.38. The van der Waals surface area contributed by atoms with Crippen molar-refractivity contribution in [2.24, 2.45) is 0 Å². The molecule has 0 bridgehead atoms. The van der Waals surface area contributed by atoms with Crippen LogP contribution in [0.15, 0.2) is 18.2 Å². The van der Waals surface area contributed by atoms with Crippen LogP contribution in [0.4, 0.5) is 11.4 Å². The molecule has 2 amide bonds. The van der Waals surface area contributed by atoms with Crippen molar-refractivity contribution in [3.05, 3.63) is 33.3 Å². The molecule has 0 fully saturated rings. The maximum Gasteiger partial charge on any atom is 0.313 e. The van der Waals surface area contributed by atoms with Crippen molar-refractivity contribution in [3.63, 3.8) is 0 Å². The van der Waals surface area contributed by atoms with E-state index in [1.54, 1.807) is 0 Å². The lowest BCUT2D eigenvalue weighted by Gasteiger charge is -2.14. The normalized spacial score (nSPS) is 9.95.